The smallest absolute Gasteiger partial charge is 0.429 e. The fourth-order valence-corrected chi connectivity index (χ4v) is 4.73. The molecule has 0 N–H and O–H groups in total. The molecule has 1 nitrogen and oxygen atoms in total. The molecule has 0 spiro atoms. The molecule has 0 heterocycles. The quantitative estimate of drug-likeness (QED) is 0.310. The van der Waals surface area contributed by atoms with Crippen LogP contribution in [-0.2, 0) is 0 Å². The van der Waals surface area contributed by atoms with Crippen molar-refractivity contribution in [3.63, 3.8) is 0 Å². The largest absolute Gasteiger partial charge is 0.439 e. The van der Waals surface area contributed by atoms with E-state index in [0.29, 0.717) is 17.5 Å². The summed E-state index contributed by atoms with van der Waals surface area (Å²) in [5.41, 5.74) is -0.0723. The van der Waals surface area contributed by atoms with Gasteiger partial charge in [-0.25, -0.2) is 13.2 Å². The highest BCUT2D eigenvalue weighted by atomic mass is 35.5. The Balaban J connectivity index is 1.78. The molecule has 2 aromatic rings. The first kappa shape index (κ1) is 27.6. The van der Waals surface area contributed by atoms with Crippen molar-refractivity contribution in [1.82, 2.24) is 0 Å². The molecule has 0 saturated heterocycles. The van der Waals surface area contributed by atoms with Gasteiger partial charge in [0.15, 0.2) is 0 Å². The standard InChI is InChI=1S/C25H25ClF8O/c1-2-3-4-14-5-7-15(8-6-14)17-12-19(27)22(20(28)13-17)16-9-10-21(18(26)11-16)35-25(33,34)23(29)24(30,31)32/h9-15,23H,2-8H2,1H3. The summed E-state index contributed by atoms with van der Waals surface area (Å²) in [4.78, 5) is 0. The minimum atomic E-state index is -5.86. The Morgan fingerprint density at radius 3 is 2.09 bits per heavy atom. The van der Waals surface area contributed by atoms with Gasteiger partial charge in [-0.3, -0.25) is 0 Å². The third kappa shape index (κ3) is 6.60. The molecule has 10 heteroatoms. The molecule has 0 aliphatic heterocycles. The topological polar surface area (TPSA) is 9.23 Å². The molecule has 0 radical (unpaired) electrons. The number of benzene rings is 2. The van der Waals surface area contributed by atoms with Crippen molar-refractivity contribution in [2.45, 2.75) is 76.2 Å². The second-order valence-corrected chi connectivity index (χ2v) is 9.34. The van der Waals surface area contributed by atoms with E-state index in [4.69, 9.17) is 11.6 Å². The number of rotatable bonds is 8. The van der Waals surface area contributed by atoms with Gasteiger partial charge in [0.05, 0.1) is 10.6 Å². The third-order valence-corrected chi connectivity index (χ3v) is 6.69. The number of unbranched alkanes of at least 4 members (excludes halogenated alkanes) is 1. The van der Waals surface area contributed by atoms with Crippen LogP contribution in [0.4, 0.5) is 35.1 Å². The molecular weight excluding hydrogens is 504 g/mol. The van der Waals surface area contributed by atoms with Crippen LogP contribution in [0.5, 0.6) is 5.75 Å². The van der Waals surface area contributed by atoms with Gasteiger partial charge in [0.2, 0.25) is 0 Å². The van der Waals surface area contributed by atoms with Gasteiger partial charge < -0.3 is 4.74 Å². The predicted octanol–water partition coefficient (Wildman–Crippen LogP) is 9.62. The molecule has 1 atom stereocenters. The van der Waals surface area contributed by atoms with E-state index in [2.05, 4.69) is 11.7 Å². The van der Waals surface area contributed by atoms with Crippen LogP contribution in [0.25, 0.3) is 11.1 Å². The zero-order valence-corrected chi connectivity index (χ0v) is 19.6. The average molecular weight is 529 g/mol. The maximum Gasteiger partial charge on any atom is 0.439 e. The van der Waals surface area contributed by atoms with Gasteiger partial charge in [-0.2, -0.15) is 22.0 Å². The van der Waals surface area contributed by atoms with Crippen molar-refractivity contribution in [2.75, 3.05) is 0 Å². The van der Waals surface area contributed by atoms with Crippen molar-refractivity contribution in [3.8, 4) is 16.9 Å². The first-order chi connectivity index (χ1) is 16.3. The molecule has 1 aliphatic rings. The summed E-state index contributed by atoms with van der Waals surface area (Å²) in [6.07, 6.45) is -8.63. The number of halogens is 9. The molecule has 1 unspecified atom stereocenters. The summed E-state index contributed by atoms with van der Waals surface area (Å²) < 4.78 is 111. The molecule has 1 fully saturated rings. The van der Waals surface area contributed by atoms with Gasteiger partial charge in [-0.15, -0.1) is 0 Å². The molecule has 3 rings (SSSR count). The van der Waals surface area contributed by atoms with Gasteiger partial charge in [0, 0.05) is 0 Å². The van der Waals surface area contributed by atoms with Crippen molar-refractivity contribution >= 4 is 11.6 Å². The van der Waals surface area contributed by atoms with E-state index >= 15 is 0 Å². The Hall–Kier alpha value is -2.03. The number of ether oxygens (including phenoxy) is 1. The van der Waals surface area contributed by atoms with Crippen molar-refractivity contribution < 1.29 is 39.9 Å². The van der Waals surface area contributed by atoms with Crippen LogP contribution in [0.2, 0.25) is 5.02 Å². The Morgan fingerprint density at radius 1 is 0.971 bits per heavy atom. The van der Waals surface area contributed by atoms with Crippen molar-refractivity contribution in [3.05, 3.63) is 52.6 Å². The van der Waals surface area contributed by atoms with E-state index < -0.39 is 46.4 Å². The van der Waals surface area contributed by atoms with Gasteiger partial charge in [-0.1, -0.05) is 43.9 Å². The Morgan fingerprint density at radius 2 is 1.57 bits per heavy atom. The van der Waals surface area contributed by atoms with Crippen molar-refractivity contribution in [2.24, 2.45) is 5.92 Å². The summed E-state index contributed by atoms with van der Waals surface area (Å²) in [5.74, 6) is -2.09. The van der Waals surface area contributed by atoms with E-state index in [0.717, 1.165) is 57.1 Å². The highest BCUT2D eigenvalue weighted by molar-refractivity contribution is 6.32. The van der Waals surface area contributed by atoms with Crippen LogP contribution in [0.1, 0.15) is 63.4 Å². The molecule has 0 bridgehead atoms. The number of hydrogen-bond acceptors (Lipinski definition) is 1. The first-order valence-corrected chi connectivity index (χ1v) is 11.8. The van der Waals surface area contributed by atoms with Crippen LogP contribution < -0.4 is 4.74 Å². The van der Waals surface area contributed by atoms with Gasteiger partial charge in [-0.05, 0) is 72.9 Å². The summed E-state index contributed by atoms with van der Waals surface area (Å²) in [6, 6.07) is 5.00. The normalized spacial score (nSPS) is 20.1. The lowest BCUT2D eigenvalue weighted by Crippen LogP contribution is -2.45. The second kappa shape index (κ2) is 10.9. The van der Waals surface area contributed by atoms with Crippen molar-refractivity contribution in [1.29, 1.82) is 0 Å². The van der Waals surface area contributed by atoms with Crippen LogP contribution in [-0.4, -0.2) is 18.5 Å². The van der Waals surface area contributed by atoms with Crippen LogP contribution >= 0.6 is 11.6 Å². The molecule has 2 aromatic carbocycles. The highest BCUT2D eigenvalue weighted by Gasteiger charge is 2.59. The molecule has 35 heavy (non-hydrogen) atoms. The van der Waals surface area contributed by atoms with Crippen LogP contribution in [0.3, 0.4) is 0 Å². The number of hydrogen-bond donors (Lipinski definition) is 0. The van der Waals surface area contributed by atoms with Crippen LogP contribution in [0, 0.1) is 17.6 Å². The zero-order chi connectivity index (χ0) is 26.0. The second-order valence-electron chi connectivity index (χ2n) is 8.93. The van der Waals surface area contributed by atoms with Crippen LogP contribution in [0.15, 0.2) is 30.3 Å². The molecule has 0 amide bonds. The molecule has 1 aliphatic carbocycles. The average Bonchev–Trinajstić information content (AvgIpc) is 2.78. The minimum absolute atomic E-state index is 0.0230. The van der Waals surface area contributed by atoms with Gasteiger partial charge >= 0.3 is 12.3 Å². The fourth-order valence-electron chi connectivity index (χ4n) is 4.51. The first-order valence-electron chi connectivity index (χ1n) is 11.4. The maximum absolute atomic E-state index is 14.9. The highest BCUT2D eigenvalue weighted by Crippen LogP contribution is 2.42. The molecule has 0 aromatic heterocycles. The Bertz CT molecular complexity index is 992. The molecule has 194 valence electrons. The summed E-state index contributed by atoms with van der Waals surface area (Å²) in [5, 5.41) is -0.662. The zero-order valence-electron chi connectivity index (χ0n) is 18.9. The maximum atomic E-state index is 14.9. The minimum Gasteiger partial charge on any atom is -0.429 e. The third-order valence-electron chi connectivity index (χ3n) is 6.40. The molecule has 1 saturated carbocycles. The summed E-state index contributed by atoms with van der Waals surface area (Å²) in [7, 11) is 0. The molecular formula is C25H25ClF8O. The lowest BCUT2D eigenvalue weighted by Gasteiger charge is -2.29. The Kier molecular flexibility index (Phi) is 8.60. The lowest BCUT2D eigenvalue weighted by molar-refractivity contribution is -0.304. The van der Waals surface area contributed by atoms with E-state index in [9.17, 15) is 35.1 Å². The summed E-state index contributed by atoms with van der Waals surface area (Å²) in [6.45, 7) is 2.13. The number of alkyl halides is 6. The SMILES string of the molecule is CCCCC1CCC(c2cc(F)c(-c3ccc(OC(F)(F)C(F)C(F)(F)F)c(Cl)c3)c(F)c2)CC1. The van der Waals surface area contributed by atoms with E-state index in [-0.39, 0.29) is 11.5 Å². The van der Waals surface area contributed by atoms with Gasteiger partial charge in [0.1, 0.15) is 17.4 Å². The van der Waals surface area contributed by atoms with Gasteiger partial charge in [0.25, 0.3) is 6.17 Å². The van der Waals surface area contributed by atoms with E-state index in [1.165, 1.54) is 12.1 Å². The Labute approximate surface area is 203 Å². The summed E-state index contributed by atoms with van der Waals surface area (Å²) >= 11 is 5.80. The van der Waals surface area contributed by atoms with E-state index in [1.54, 1.807) is 0 Å². The monoisotopic (exact) mass is 528 g/mol. The predicted molar refractivity (Wildman–Crippen MR) is 118 cm³/mol. The van der Waals surface area contributed by atoms with E-state index in [1.807, 2.05) is 0 Å². The fraction of sp³-hybridized carbons (Fsp3) is 0.520. The lowest BCUT2D eigenvalue weighted by atomic mass is 9.77.